The summed E-state index contributed by atoms with van der Waals surface area (Å²) < 4.78 is 15.8. The number of ether oxygens (including phenoxy) is 3. The third kappa shape index (κ3) is 3.96. The second kappa shape index (κ2) is 7.83. The van der Waals surface area contributed by atoms with Crippen molar-refractivity contribution in [2.45, 2.75) is 0 Å². The molecule has 2 aromatic carbocycles. The Labute approximate surface area is 161 Å². The van der Waals surface area contributed by atoms with E-state index in [4.69, 9.17) is 14.2 Å². The summed E-state index contributed by atoms with van der Waals surface area (Å²) in [4.78, 5) is 20.0. The molecule has 1 aliphatic rings. The lowest BCUT2D eigenvalue weighted by Crippen LogP contribution is -2.15. The van der Waals surface area contributed by atoms with E-state index in [9.17, 15) is 4.79 Å². The van der Waals surface area contributed by atoms with E-state index in [2.05, 4.69) is 20.6 Å². The first-order valence-electron chi connectivity index (χ1n) is 8.65. The van der Waals surface area contributed by atoms with Crippen molar-refractivity contribution in [1.29, 1.82) is 0 Å². The Morgan fingerprint density at radius 2 is 1.54 bits per heavy atom. The van der Waals surface area contributed by atoms with E-state index >= 15 is 0 Å². The first-order valence-corrected chi connectivity index (χ1v) is 8.65. The molecule has 8 nitrogen and oxygen atoms in total. The van der Waals surface area contributed by atoms with Crippen LogP contribution in [0.2, 0.25) is 0 Å². The van der Waals surface area contributed by atoms with Crippen LogP contribution in [0.15, 0.2) is 54.9 Å². The van der Waals surface area contributed by atoms with E-state index in [1.165, 1.54) is 13.4 Å². The average molecular weight is 378 g/mol. The highest BCUT2D eigenvalue weighted by atomic mass is 16.6. The van der Waals surface area contributed by atoms with Crippen molar-refractivity contribution in [2.75, 3.05) is 31.0 Å². The molecule has 0 spiro atoms. The maximum absolute atomic E-state index is 11.5. The Bertz CT molecular complexity index is 992. The van der Waals surface area contributed by atoms with Crippen molar-refractivity contribution >= 4 is 29.0 Å². The molecule has 0 fully saturated rings. The minimum atomic E-state index is -0.375. The average Bonchev–Trinajstić information content (AvgIpc) is 2.74. The normalized spacial score (nSPS) is 12.2. The summed E-state index contributed by atoms with van der Waals surface area (Å²) in [6.45, 7) is 1.09. The molecule has 0 saturated heterocycles. The largest absolute Gasteiger partial charge is 0.486 e. The van der Waals surface area contributed by atoms with Gasteiger partial charge in [-0.25, -0.2) is 14.8 Å². The van der Waals surface area contributed by atoms with Gasteiger partial charge < -0.3 is 24.8 Å². The van der Waals surface area contributed by atoms with Crippen molar-refractivity contribution in [2.24, 2.45) is 0 Å². The molecule has 0 aliphatic carbocycles. The predicted molar refractivity (Wildman–Crippen MR) is 104 cm³/mol. The summed E-state index contributed by atoms with van der Waals surface area (Å²) in [6.07, 6.45) is 1.46. The molecule has 142 valence electrons. The summed E-state index contributed by atoms with van der Waals surface area (Å²) in [5, 5.41) is 6.40. The highest BCUT2D eigenvalue weighted by Crippen LogP contribution is 2.33. The topological polar surface area (TPSA) is 94.6 Å². The summed E-state index contributed by atoms with van der Waals surface area (Å²) in [5.41, 5.74) is 2.10. The molecule has 0 atom stereocenters. The van der Waals surface area contributed by atoms with Crippen molar-refractivity contribution in [1.82, 2.24) is 9.97 Å². The second-order valence-corrected chi connectivity index (χ2v) is 5.97. The number of carbonyl (C=O) groups is 1. The number of nitrogens with zero attached hydrogens (tertiary/aromatic N) is 2. The molecule has 8 heteroatoms. The molecule has 0 radical (unpaired) electrons. The number of hydrogen-bond donors (Lipinski definition) is 2. The van der Waals surface area contributed by atoms with Gasteiger partial charge in [-0.05, 0) is 36.4 Å². The maximum atomic E-state index is 11.5. The van der Waals surface area contributed by atoms with Gasteiger partial charge in [-0.2, -0.15) is 0 Å². The Morgan fingerprint density at radius 1 is 0.893 bits per heavy atom. The van der Waals surface area contributed by atoms with Crippen molar-refractivity contribution in [3.63, 3.8) is 0 Å². The molecule has 2 N–H and O–H groups in total. The fraction of sp³-hybridized carbons (Fsp3) is 0.150. The first kappa shape index (κ1) is 17.6. The molecule has 0 amide bonds. The zero-order valence-electron chi connectivity index (χ0n) is 15.1. The Balaban J connectivity index is 1.46. The molecule has 1 aromatic heterocycles. The zero-order chi connectivity index (χ0) is 19.3. The van der Waals surface area contributed by atoms with Crippen LogP contribution in [-0.4, -0.2) is 36.3 Å². The van der Waals surface area contributed by atoms with Gasteiger partial charge >= 0.3 is 5.97 Å². The van der Waals surface area contributed by atoms with Gasteiger partial charge in [0, 0.05) is 23.5 Å². The third-order valence-corrected chi connectivity index (χ3v) is 4.06. The van der Waals surface area contributed by atoms with Gasteiger partial charge in [0.2, 0.25) is 0 Å². The van der Waals surface area contributed by atoms with Crippen LogP contribution in [0.4, 0.5) is 23.0 Å². The minimum Gasteiger partial charge on any atom is -0.486 e. The van der Waals surface area contributed by atoms with Gasteiger partial charge in [0.1, 0.15) is 31.2 Å². The fourth-order valence-electron chi connectivity index (χ4n) is 2.72. The van der Waals surface area contributed by atoms with Crippen LogP contribution in [0.1, 0.15) is 10.4 Å². The monoisotopic (exact) mass is 378 g/mol. The minimum absolute atomic E-state index is 0.375. The van der Waals surface area contributed by atoms with Crippen LogP contribution in [0, 0.1) is 0 Å². The number of benzene rings is 2. The predicted octanol–water partition coefficient (Wildman–Crippen LogP) is 3.52. The number of carbonyl (C=O) groups excluding carboxylic acids is 1. The van der Waals surface area contributed by atoms with Gasteiger partial charge in [0.25, 0.3) is 0 Å². The van der Waals surface area contributed by atoms with E-state index < -0.39 is 0 Å². The molecule has 4 rings (SSSR count). The van der Waals surface area contributed by atoms with Crippen LogP contribution in [0.25, 0.3) is 0 Å². The summed E-state index contributed by atoms with van der Waals surface area (Å²) in [7, 11) is 1.35. The smallest absolute Gasteiger partial charge is 0.337 e. The van der Waals surface area contributed by atoms with E-state index in [0.717, 1.165) is 17.1 Å². The molecular weight excluding hydrogens is 360 g/mol. The number of nitrogens with one attached hydrogen (secondary N) is 2. The molecule has 0 saturated carbocycles. The first-order chi connectivity index (χ1) is 13.7. The van der Waals surface area contributed by atoms with Gasteiger partial charge in [-0.3, -0.25) is 0 Å². The Hall–Kier alpha value is -3.81. The van der Waals surface area contributed by atoms with Crippen molar-refractivity contribution in [3.05, 3.63) is 60.4 Å². The van der Waals surface area contributed by atoms with E-state index in [1.807, 2.05) is 18.2 Å². The van der Waals surface area contributed by atoms with Crippen molar-refractivity contribution < 1.29 is 19.0 Å². The lowest BCUT2D eigenvalue weighted by Gasteiger charge is -2.19. The summed E-state index contributed by atoms with van der Waals surface area (Å²) in [5.74, 6) is 2.30. The molecule has 0 unspecified atom stereocenters. The van der Waals surface area contributed by atoms with Gasteiger partial charge in [-0.15, -0.1) is 0 Å². The van der Waals surface area contributed by atoms with E-state index in [0.29, 0.717) is 36.2 Å². The molecule has 28 heavy (non-hydrogen) atoms. The van der Waals surface area contributed by atoms with Crippen LogP contribution in [0.5, 0.6) is 11.5 Å². The molecule has 0 bridgehead atoms. The SMILES string of the molecule is COC(=O)c1ccc(Nc2cc(Nc3ccc4c(c3)OCCO4)ncn2)cc1. The molecule has 2 heterocycles. The second-order valence-electron chi connectivity index (χ2n) is 5.97. The highest BCUT2D eigenvalue weighted by molar-refractivity contribution is 5.89. The van der Waals surface area contributed by atoms with Crippen LogP contribution >= 0.6 is 0 Å². The number of rotatable bonds is 5. The number of fused-ring (bicyclic) bond motifs is 1. The number of esters is 1. The number of aromatic nitrogens is 2. The molecule has 1 aliphatic heterocycles. The Morgan fingerprint density at radius 3 is 2.25 bits per heavy atom. The summed E-state index contributed by atoms with van der Waals surface area (Å²) >= 11 is 0. The van der Waals surface area contributed by atoms with E-state index in [1.54, 1.807) is 30.3 Å². The molecule has 3 aromatic rings. The van der Waals surface area contributed by atoms with Crippen LogP contribution in [0.3, 0.4) is 0 Å². The van der Waals surface area contributed by atoms with Gasteiger partial charge in [0.15, 0.2) is 11.5 Å². The van der Waals surface area contributed by atoms with Gasteiger partial charge in [0.05, 0.1) is 12.7 Å². The number of methoxy groups -OCH3 is 1. The lowest BCUT2D eigenvalue weighted by molar-refractivity contribution is 0.0601. The van der Waals surface area contributed by atoms with E-state index in [-0.39, 0.29) is 5.97 Å². The lowest BCUT2D eigenvalue weighted by atomic mass is 10.2. The highest BCUT2D eigenvalue weighted by Gasteiger charge is 2.12. The maximum Gasteiger partial charge on any atom is 0.337 e. The third-order valence-electron chi connectivity index (χ3n) is 4.06. The van der Waals surface area contributed by atoms with Crippen LogP contribution < -0.4 is 20.1 Å². The van der Waals surface area contributed by atoms with Gasteiger partial charge in [-0.1, -0.05) is 0 Å². The number of hydrogen-bond acceptors (Lipinski definition) is 8. The molecular formula is C20H18N4O4. The van der Waals surface area contributed by atoms with Crippen molar-refractivity contribution in [3.8, 4) is 11.5 Å². The fourth-order valence-corrected chi connectivity index (χ4v) is 2.72. The summed E-state index contributed by atoms with van der Waals surface area (Å²) in [6, 6.07) is 14.3. The Kier molecular flexibility index (Phi) is 4.92. The standard InChI is InChI=1S/C20H18N4O4/c1-26-20(25)13-2-4-14(5-3-13)23-18-11-19(22-12-21-18)24-15-6-7-16-17(10-15)28-9-8-27-16/h2-7,10-12H,8-9H2,1H3,(H2,21,22,23,24). The number of anilines is 4. The zero-order valence-corrected chi connectivity index (χ0v) is 15.1. The van der Waals surface area contributed by atoms with Crippen LogP contribution in [-0.2, 0) is 4.74 Å². The quantitative estimate of drug-likeness (QED) is 0.651.